The number of unbranched alkanes of at least 4 members (excludes halogenated alkanes) is 1. The van der Waals surface area contributed by atoms with Crippen LogP contribution in [0, 0.1) is 0 Å². The van der Waals surface area contributed by atoms with Gasteiger partial charge in [-0.25, -0.2) is 0 Å². The molecule has 0 saturated heterocycles. The maximum Gasteiger partial charge on any atom is 0.121 e. The maximum absolute atomic E-state index is 11.9. The van der Waals surface area contributed by atoms with E-state index in [2.05, 4.69) is 31.9 Å². The Kier molecular flexibility index (Phi) is 7.76. The number of phenols is 1. The molecular weight excluding hydrogens is 334 g/mol. The van der Waals surface area contributed by atoms with E-state index in [0.29, 0.717) is 18.2 Å². The van der Waals surface area contributed by atoms with Crippen LogP contribution in [0.1, 0.15) is 63.0 Å². The molecule has 0 radical (unpaired) electrons. The zero-order chi connectivity index (χ0) is 18.4. The Bertz CT molecular complexity index is 591. The van der Waals surface area contributed by atoms with E-state index in [-0.39, 0.29) is 12.5 Å². The minimum atomic E-state index is -0.723. The van der Waals surface area contributed by atoms with Crippen molar-refractivity contribution in [3.8, 4) is 5.75 Å². The number of aryl methyl sites for hydroxylation is 1. The lowest BCUT2D eigenvalue weighted by Crippen LogP contribution is -2.35. The summed E-state index contributed by atoms with van der Waals surface area (Å²) >= 11 is 0. The van der Waals surface area contributed by atoms with E-state index < -0.39 is 10.8 Å². The number of anilines is 1. The quantitative estimate of drug-likeness (QED) is 0.700. The number of phenolic OH excluding ortho intramolecular Hbond substituents is 1. The summed E-state index contributed by atoms with van der Waals surface area (Å²) in [5.41, 5.74) is 3.16. The van der Waals surface area contributed by atoms with Crippen molar-refractivity contribution in [3.63, 3.8) is 0 Å². The van der Waals surface area contributed by atoms with Crippen molar-refractivity contribution < 1.29 is 14.4 Å². The zero-order valence-corrected chi connectivity index (χ0v) is 16.6. The fourth-order valence-electron chi connectivity index (χ4n) is 3.72. The second-order valence-electron chi connectivity index (χ2n) is 7.26. The van der Waals surface area contributed by atoms with Crippen LogP contribution in [-0.4, -0.2) is 45.6 Å². The highest BCUT2D eigenvalue weighted by atomic mass is 32.2. The molecular formula is C20H33NO3S. The van der Waals surface area contributed by atoms with Gasteiger partial charge in [0.2, 0.25) is 0 Å². The lowest BCUT2D eigenvalue weighted by atomic mass is 9.83. The van der Waals surface area contributed by atoms with Gasteiger partial charge in [-0.2, -0.15) is 0 Å². The van der Waals surface area contributed by atoms with Crippen molar-refractivity contribution >= 4 is 16.5 Å². The number of nitrogens with zero attached hydrogens (tertiary/aromatic N) is 1. The van der Waals surface area contributed by atoms with Crippen LogP contribution in [0.2, 0.25) is 0 Å². The second-order valence-corrected chi connectivity index (χ2v) is 8.95. The topological polar surface area (TPSA) is 60.8 Å². The van der Waals surface area contributed by atoms with Gasteiger partial charge in [-0.05, 0) is 62.6 Å². The van der Waals surface area contributed by atoms with Crippen LogP contribution in [-0.2, 0) is 17.2 Å². The molecule has 1 aliphatic heterocycles. The Balaban J connectivity index is 2.10. The lowest BCUT2D eigenvalue weighted by Gasteiger charge is -2.39. The van der Waals surface area contributed by atoms with Crippen molar-refractivity contribution in [1.29, 1.82) is 0 Å². The fraction of sp³-hybridized carbons (Fsp3) is 0.700. The van der Waals surface area contributed by atoms with Crippen molar-refractivity contribution in [2.45, 2.75) is 64.3 Å². The summed E-state index contributed by atoms with van der Waals surface area (Å²) in [4.78, 5) is 2.23. The third kappa shape index (κ3) is 5.20. The Labute approximate surface area is 154 Å². The molecule has 4 nitrogen and oxygen atoms in total. The number of benzene rings is 1. The molecule has 1 aromatic rings. The van der Waals surface area contributed by atoms with Gasteiger partial charge in [0.1, 0.15) is 5.75 Å². The maximum atomic E-state index is 11.9. The molecule has 0 amide bonds. The first-order valence-corrected chi connectivity index (χ1v) is 11.0. The third-order valence-electron chi connectivity index (χ3n) is 5.31. The van der Waals surface area contributed by atoms with Crippen molar-refractivity contribution in [2.75, 3.05) is 30.1 Å². The molecule has 3 unspecified atom stereocenters. The summed E-state index contributed by atoms with van der Waals surface area (Å²) in [6, 6.07) is 4.42. The Morgan fingerprint density at radius 3 is 2.68 bits per heavy atom. The molecule has 5 heteroatoms. The van der Waals surface area contributed by atoms with Crippen LogP contribution in [0.5, 0.6) is 5.75 Å². The minimum absolute atomic E-state index is 0.144. The van der Waals surface area contributed by atoms with Crippen molar-refractivity contribution in [2.24, 2.45) is 0 Å². The molecule has 0 aliphatic carbocycles. The molecule has 1 aliphatic rings. The summed E-state index contributed by atoms with van der Waals surface area (Å²) in [5.74, 6) is 2.09. The van der Waals surface area contributed by atoms with Crippen LogP contribution in [0.15, 0.2) is 12.1 Å². The van der Waals surface area contributed by atoms with Gasteiger partial charge < -0.3 is 15.1 Å². The molecule has 2 rings (SSSR count). The fourth-order valence-corrected chi connectivity index (χ4v) is 5.00. The van der Waals surface area contributed by atoms with Gasteiger partial charge in [0.25, 0.3) is 0 Å². The first-order chi connectivity index (χ1) is 12.0. The summed E-state index contributed by atoms with van der Waals surface area (Å²) in [7, 11) is 1.35. The van der Waals surface area contributed by atoms with Gasteiger partial charge in [0.05, 0.1) is 0 Å². The Morgan fingerprint density at radius 1 is 1.28 bits per heavy atom. The zero-order valence-electron chi connectivity index (χ0n) is 15.8. The lowest BCUT2D eigenvalue weighted by molar-refractivity contribution is 0.266. The van der Waals surface area contributed by atoms with E-state index in [1.165, 1.54) is 0 Å². The molecule has 0 saturated carbocycles. The second kappa shape index (κ2) is 9.58. The molecule has 142 valence electrons. The van der Waals surface area contributed by atoms with Gasteiger partial charge >= 0.3 is 0 Å². The van der Waals surface area contributed by atoms with E-state index in [0.717, 1.165) is 60.4 Å². The average molecular weight is 368 g/mol. The van der Waals surface area contributed by atoms with Crippen LogP contribution in [0.3, 0.4) is 0 Å². The Morgan fingerprint density at radius 2 is 2.00 bits per heavy atom. The van der Waals surface area contributed by atoms with Gasteiger partial charge in [-0.15, -0.1) is 0 Å². The Hall–Kier alpha value is -1.07. The molecule has 0 bridgehead atoms. The number of aliphatic hydroxyl groups excluding tert-OH is 1. The largest absolute Gasteiger partial charge is 0.508 e. The van der Waals surface area contributed by atoms with Crippen LogP contribution in [0.25, 0.3) is 0 Å². The summed E-state index contributed by atoms with van der Waals surface area (Å²) < 4.78 is 11.9. The number of aromatic hydroxyl groups is 1. The molecule has 2 N–H and O–H groups in total. The minimum Gasteiger partial charge on any atom is -0.508 e. The van der Waals surface area contributed by atoms with Crippen molar-refractivity contribution in [3.05, 3.63) is 23.3 Å². The van der Waals surface area contributed by atoms with Crippen LogP contribution in [0.4, 0.5) is 5.69 Å². The first-order valence-electron chi connectivity index (χ1n) is 9.52. The van der Waals surface area contributed by atoms with E-state index in [9.17, 15) is 14.4 Å². The molecule has 1 heterocycles. The SMILES string of the molecule is CCCCS(=O)CCCc1cc(O)c2c(c1)N(C)C(C)CC2CCO. The first kappa shape index (κ1) is 20.2. The summed E-state index contributed by atoms with van der Waals surface area (Å²) in [6.45, 7) is 4.45. The molecule has 3 atom stereocenters. The third-order valence-corrected chi connectivity index (χ3v) is 6.80. The molecule has 25 heavy (non-hydrogen) atoms. The van der Waals surface area contributed by atoms with E-state index in [4.69, 9.17) is 0 Å². The van der Waals surface area contributed by atoms with Gasteiger partial charge in [-0.3, -0.25) is 4.21 Å². The molecule has 1 aromatic carbocycles. The number of rotatable bonds is 9. The number of hydrogen-bond acceptors (Lipinski definition) is 4. The van der Waals surface area contributed by atoms with Crippen molar-refractivity contribution in [1.82, 2.24) is 0 Å². The number of hydrogen-bond donors (Lipinski definition) is 2. The van der Waals surface area contributed by atoms with E-state index in [1.54, 1.807) is 0 Å². The van der Waals surface area contributed by atoms with Gasteiger partial charge in [0.15, 0.2) is 0 Å². The predicted molar refractivity (Wildman–Crippen MR) is 106 cm³/mol. The smallest absolute Gasteiger partial charge is 0.121 e. The summed E-state index contributed by atoms with van der Waals surface area (Å²) in [5, 5.41) is 19.9. The van der Waals surface area contributed by atoms with Gasteiger partial charge in [0, 0.05) is 53.3 Å². The normalized spacial score (nSPS) is 21.2. The highest BCUT2D eigenvalue weighted by molar-refractivity contribution is 7.84. The number of fused-ring (bicyclic) bond motifs is 1. The molecule has 0 spiro atoms. The van der Waals surface area contributed by atoms with Gasteiger partial charge in [-0.1, -0.05) is 13.3 Å². The predicted octanol–water partition coefficient (Wildman–Crippen LogP) is 3.57. The highest BCUT2D eigenvalue weighted by Crippen LogP contribution is 2.44. The molecule has 0 aromatic heterocycles. The average Bonchev–Trinajstić information content (AvgIpc) is 2.57. The summed E-state index contributed by atoms with van der Waals surface area (Å²) in [6.07, 6.45) is 5.48. The monoisotopic (exact) mass is 367 g/mol. The number of aliphatic hydroxyl groups is 1. The van der Waals surface area contributed by atoms with E-state index >= 15 is 0 Å². The highest BCUT2D eigenvalue weighted by Gasteiger charge is 2.30. The van der Waals surface area contributed by atoms with E-state index in [1.807, 2.05) is 6.07 Å². The standard InChI is InChI=1S/C20H33NO3S/c1-4-5-10-25(24)11-6-7-16-13-18-20(19(23)14-16)17(8-9-22)12-15(2)21(18)3/h13-15,17,22-23H,4-12H2,1-3H3. The molecule has 0 fully saturated rings. The van der Waals surface area contributed by atoms with Crippen LogP contribution >= 0.6 is 0 Å². The van der Waals surface area contributed by atoms with Crippen LogP contribution < -0.4 is 4.90 Å².